The van der Waals surface area contributed by atoms with Crippen LogP contribution in [0.15, 0.2) is 22.7 Å². The predicted octanol–water partition coefficient (Wildman–Crippen LogP) is 1.24. The first-order chi connectivity index (χ1) is 14.4. The summed E-state index contributed by atoms with van der Waals surface area (Å²) in [6.07, 6.45) is -0.202. The van der Waals surface area contributed by atoms with Gasteiger partial charge >= 0.3 is 5.97 Å². The molecule has 0 spiro atoms. The molecule has 1 aromatic rings. The molecule has 0 radical (unpaired) electrons. The van der Waals surface area contributed by atoms with Crippen LogP contribution < -0.4 is 15.4 Å². The molecule has 11 heteroatoms. The van der Waals surface area contributed by atoms with Crippen LogP contribution in [0.1, 0.15) is 23.7 Å². The number of benzene rings is 1. The second kappa shape index (κ2) is 11.8. The van der Waals surface area contributed by atoms with E-state index in [-0.39, 0.29) is 30.7 Å². The third-order valence-electron chi connectivity index (χ3n) is 4.21. The van der Waals surface area contributed by atoms with Gasteiger partial charge in [-0.1, -0.05) is 15.9 Å². The van der Waals surface area contributed by atoms with Crippen molar-refractivity contribution in [2.45, 2.75) is 19.4 Å². The smallest absolute Gasteiger partial charge is 0.308 e. The van der Waals surface area contributed by atoms with E-state index in [4.69, 9.17) is 26.4 Å². The molecule has 1 aliphatic rings. The fourth-order valence-corrected chi connectivity index (χ4v) is 3.49. The number of methoxy groups -OCH3 is 1. The Balaban J connectivity index is 2.09. The molecule has 2 rings (SSSR count). The molecule has 1 aromatic carbocycles. The highest BCUT2D eigenvalue weighted by atomic mass is 79.9. The lowest BCUT2D eigenvalue weighted by molar-refractivity contribution is -0.148. The van der Waals surface area contributed by atoms with Crippen LogP contribution in [0.3, 0.4) is 0 Å². The van der Waals surface area contributed by atoms with Gasteiger partial charge in [-0.15, -0.1) is 0 Å². The Hall–Kier alpha value is -2.24. The summed E-state index contributed by atoms with van der Waals surface area (Å²) in [5.74, 6) is -0.981. The van der Waals surface area contributed by atoms with E-state index >= 15 is 0 Å². The first-order valence-corrected chi connectivity index (χ1v) is 10.5. The molecule has 1 aliphatic heterocycles. The summed E-state index contributed by atoms with van der Waals surface area (Å²) in [6, 6.07) is 4.19. The third-order valence-corrected chi connectivity index (χ3v) is 5.04. The topological polar surface area (TPSA) is 106 Å². The highest BCUT2D eigenvalue weighted by Gasteiger charge is 2.34. The predicted molar refractivity (Wildman–Crippen MR) is 116 cm³/mol. The number of carbonyl (C=O) groups excluding carboxylic acids is 3. The Kier molecular flexibility index (Phi) is 9.47. The number of thiocarbonyl (C=S) groups is 1. The van der Waals surface area contributed by atoms with Gasteiger partial charge in [0, 0.05) is 24.7 Å². The summed E-state index contributed by atoms with van der Waals surface area (Å²) < 4.78 is 16.1. The summed E-state index contributed by atoms with van der Waals surface area (Å²) in [6.45, 7) is 3.25. The number of halogens is 1. The van der Waals surface area contributed by atoms with Crippen LogP contribution in [-0.4, -0.2) is 73.9 Å². The number of rotatable bonds is 8. The fourth-order valence-electron chi connectivity index (χ4n) is 2.81. The Morgan fingerprint density at radius 3 is 2.83 bits per heavy atom. The molecule has 1 heterocycles. The van der Waals surface area contributed by atoms with E-state index in [1.54, 1.807) is 18.2 Å². The number of hydrogen-bond donors (Lipinski definition) is 2. The van der Waals surface area contributed by atoms with Gasteiger partial charge in [-0.05, 0) is 37.3 Å². The van der Waals surface area contributed by atoms with Gasteiger partial charge in [-0.3, -0.25) is 19.7 Å². The molecule has 1 fully saturated rings. The van der Waals surface area contributed by atoms with Crippen LogP contribution in [0.2, 0.25) is 0 Å². The summed E-state index contributed by atoms with van der Waals surface area (Å²) in [5, 5.41) is 5.38. The van der Waals surface area contributed by atoms with Gasteiger partial charge in [0.2, 0.25) is 5.91 Å². The molecule has 30 heavy (non-hydrogen) atoms. The van der Waals surface area contributed by atoms with Gasteiger partial charge in [-0.25, -0.2) is 0 Å². The van der Waals surface area contributed by atoms with E-state index in [0.717, 1.165) is 0 Å². The van der Waals surface area contributed by atoms with Crippen LogP contribution in [0.25, 0.3) is 0 Å². The average Bonchev–Trinajstić information content (AvgIpc) is 2.71. The molecular formula is C19H24BrN3O6S. The Morgan fingerprint density at radius 2 is 2.13 bits per heavy atom. The molecule has 2 N–H and O–H groups in total. The number of nitrogens with zero attached hydrogens (tertiary/aromatic N) is 1. The molecule has 1 atom stereocenters. The normalized spacial score (nSPS) is 15.9. The number of nitrogens with one attached hydrogen (secondary N) is 2. The molecule has 2 amide bonds. The molecule has 0 saturated carbocycles. The maximum absolute atomic E-state index is 12.8. The van der Waals surface area contributed by atoms with E-state index in [9.17, 15) is 14.4 Å². The van der Waals surface area contributed by atoms with Crippen LogP contribution in [0, 0.1) is 0 Å². The molecule has 1 unspecified atom stereocenters. The highest BCUT2D eigenvalue weighted by molar-refractivity contribution is 9.10. The molecular weight excluding hydrogens is 478 g/mol. The molecule has 0 aromatic heterocycles. The van der Waals surface area contributed by atoms with Crippen LogP contribution >= 0.6 is 28.1 Å². The lowest BCUT2D eigenvalue weighted by Crippen LogP contribution is -2.60. The number of hydrogen-bond acceptors (Lipinski definition) is 7. The molecule has 1 saturated heterocycles. The van der Waals surface area contributed by atoms with Crippen LogP contribution in [0.5, 0.6) is 5.75 Å². The second-order valence-corrected chi connectivity index (χ2v) is 7.55. The van der Waals surface area contributed by atoms with E-state index in [1.807, 2.05) is 6.92 Å². The van der Waals surface area contributed by atoms with Crippen molar-refractivity contribution < 1.29 is 28.6 Å². The minimum absolute atomic E-state index is 0.0481. The average molecular weight is 502 g/mol. The van der Waals surface area contributed by atoms with Crippen molar-refractivity contribution in [1.82, 2.24) is 15.5 Å². The molecule has 0 aliphatic carbocycles. The van der Waals surface area contributed by atoms with Gasteiger partial charge in [0.25, 0.3) is 5.91 Å². The molecule has 9 nitrogen and oxygen atoms in total. The minimum atomic E-state index is -0.879. The lowest BCUT2D eigenvalue weighted by atomic mass is 10.1. The van der Waals surface area contributed by atoms with E-state index in [0.29, 0.717) is 35.5 Å². The van der Waals surface area contributed by atoms with Crippen molar-refractivity contribution >= 4 is 51.0 Å². The second-order valence-electron chi connectivity index (χ2n) is 6.25. The lowest BCUT2D eigenvalue weighted by Gasteiger charge is -2.36. The van der Waals surface area contributed by atoms with Crippen molar-refractivity contribution in [1.29, 1.82) is 0 Å². The Labute approximate surface area is 188 Å². The maximum Gasteiger partial charge on any atom is 0.308 e. The van der Waals surface area contributed by atoms with Crippen LogP contribution in [-0.2, 0) is 19.1 Å². The van der Waals surface area contributed by atoms with Crippen molar-refractivity contribution in [3.63, 3.8) is 0 Å². The van der Waals surface area contributed by atoms with E-state index in [2.05, 4.69) is 26.6 Å². The zero-order chi connectivity index (χ0) is 22.1. The van der Waals surface area contributed by atoms with Gasteiger partial charge in [-0.2, -0.15) is 0 Å². The van der Waals surface area contributed by atoms with Gasteiger partial charge in [0.05, 0.1) is 25.2 Å². The van der Waals surface area contributed by atoms with Crippen molar-refractivity contribution in [3.05, 3.63) is 28.2 Å². The van der Waals surface area contributed by atoms with Crippen LogP contribution in [0.4, 0.5) is 0 Å². The fraction of sp³-hybridized carbons (Fsp3) is 0.474. The van der Waals surface area contributed by atoms with Crippen molar-refractivity contribution in [3.8, 4) is 5.75 Å². The summed E-state index contributed by atoms with van der Waals surface area (Å²) in [5.41, 5.74) is 0.297. The van der Waals surface area contributed by atoms with Gasteiger partial charge < -0.3 is 24.4 Å². The number of esters is 1. The highest BCUT2D eigenvalue weighted by Crippen LogP contribution is 2.23. The number of piperazine rings is 1. The number of ether oxygens (including phenoxy) is 3. The summed E-state index contributed by atoms with van der Waals surface area (Å²) >= 11 is 8.71. The quantitative estimate of drug-likeness (QED) is 0.311. The number of amides is 2. The van der Waals surface area contributed by atoms with E-state index in [1.165, 1.54) is 12.0 Å². The third kappa shape index (κ3) is 6.64. The summed E-state index contributed by atoms with van der Waals surface area (Å²) in [7, 11) is 1.49. The SMILES string of the molecule is CCOc1ccc(Br)cc1C(=O)NC(=S)N1CCNC(=O)C1CC(=O)OCCOC. The summed E-state index contributed by atoms with van der Waals surface area (Å²) in [4.78, 5) is 38.7. The van der Waals surface area contributed by atoms with Gasteiger partial charge in [0.15, 0.2) is 5.11 Å². The zero-order valence-electron chi connectivity index (χ0n) is 16.7. The van der Waals surface area contributed by atoms with Crippen molar-refractivity contribution in [2.75, 3.05) is 40.0 Å². The van der Waals surface area contributed by atoms with E-state index < -0.39 is 17.9 Å². The van der Waals surface area contributed by atoms with Gasteiger partial charge in [0.1, 0.15) is 18.4 Å². The monoisotopic (exact) mass is 501 g/mol. The standard InChI is InChI=1S/C19H24BrN3O6S/c1-3-28-15-5-4-12(20)10-13(15)17(25)22-19(30)23-7-6-21-18(26)14(23)11-16(24)29-9-8-27-2/h4-5,10,14H,3,6-9,11H2,1-2H3,(H,21,26)(H,22,25,30). The first-order valence-electron chi connectivity index (χ1n) is 9.34. The zero-order valence-corrected chi connectivity index (χ0v) is 19.1. The molecule has 164 valence electrons. The first kappa shape index (κ1) is 24.0. The Morgan fingerprint density at radius 1 is 1.37 bits per heavy atom. The maximum atomic E-state index is 12.8. The largest absolute Gasteiger partial charge is 0.493 e. The Bertz CT molecular complexity index is 806. The van der Waals surface area contributed by atoms with Crippen molar-refractivity contribution in [2.24, 2.45) is 0 Å². The number of carbonyl (C=O) groups is 3. The molecule has 0 bridgehead atoms. The minimum Gasteiger partial charge on any atom is -0.493 e.